The third-order valence-electron chi connectivity index (χ3n) is 4.12. The summed E-state index contributed by atoms with van der Waals surface area (Å²) in [5.41, 5.74) is -0.631. The molecule has 0 aliphatic heterocycles. The number of carbonyl (C=O) groups excluding carboxylic acids is 1. The molecule has 0 heterocycles. The summed E-state index contributed by atoms with van der Waals surface area (Å²) in [5, 5.41) is 0. The number of unbranched alkanes of at least 4 members (excludes halogenated alkanes) is 4. The van der Waals surface area contributed by atoms with E-state index >= 15 is 0 Å². The highest BCUT2D eigenvalue weighted by Gasteiger charge is 2.30. The lowest BCUT2D eigenvalue weighted by molar-refractivity contribution is 0.0721. The van der Waals surface area contributed by atoms with Crippen LogP contribution in [-0.2, 0) is 6.42 Å². The van der Waals surface area contributed by atoms with Gasteiger partial charge in [-0.3, -0.25) is 0 Å². The lowest BCUT2D eigenvalue weighted by Gasteiger charge is -2.09. The first-order chi connectivity index (χ1) is 12.9. The molecule has 2 aromatic rings. The van der Waals surface area contributed by atoms with Crippen molar-refractivity contribution < 1.29 is 31.5 Å². The molecule has 2 rings (SSSR count). The standard InChI is InChI=1S/C20H19F5O2/c1-2-3-4-5-6-7-12-8-10-13(11-9-12)27-20(26)14-15(21)17(23)19(25)18(24)16(14)22/h8-11H,2-7H2,1H3. The fourth-order valence-corrected chi connectivity index (χ4v) is 2.60. The van der Waals surface area contributed by atoms with Crippen LogP contribution < -0.4 is 4.74 Å². The quantitative estimate of drug-likeness (QED) is 0.137. The van der Waals surface area contributed by atoms with E-state index in [4.69, 9.17) is 4.74 Å². The first kappa shape index (κ1) is 20.9. The average molecular weight is 386 g/mol. The van der Waals surface area contributed by atoms with Crippen LogP contribution in [0.1, 0.15) is 54.9 Å². The molecular weight excluding hydrogens is 367 g/mol. The van der Waals surface area contributed by atoms with Crippen molar-refractivity contribution in [3.63, 3.8) is 0 Å². The second-order valence-electron chi connectivity index (χ2n) is 6.14. The van der Waals surface area contributed by atoms with Gasteiger partial charge in [-0.25, -0.2) is 26.7 Å². The number of carbonyl (C=O) groups is 1. The molecule has 2 nitrogen and oxygen atoms in total. The highest BCUT2D eigenvalue weighted by Crippen LogP contribution is 2.25. The van der Waals surface area contributed by atoms with Gasteiger partial charge < -0.3 is 4.74 Å². The molecule has 0 atom stereocenters. The molecule has 0 bridgehead atoms. The maximum absolute atomic E-state index is 13.6. The lowest BCUT2D eigenvalue weighted by Crippen LogP contribution is -2.17. The van der Waals surface area contributed by atoms with Crippen LogP contribution >= 0.6 is 0 Å². The van der Waals surface area contributed by atoms with Gasteiger partial charge in [-0.1, -0.05) is 44.7 Å². The Morgan fingerprint density at radius 3 is 1.85 bits per heavy atom. The Bertz CT molecular complexity index is 774. The molecule has 0 saturated heterocycles. The summed E-state index contributed by atoms with van der Waals surface area (Å²) in [5.74, 6) is -12.9. The second kappa shape index (κ2) is 9.48. The van der Waals surface area contributed by atoms with Gasteiger partial charge in [0.1, 0.15) is 11.3 Å². The Morgan fingerprint density at radius 2 is 1.30 bits per heavy atom. The number of hydrogen-bond acceptors (Lipinski definition) is 2. The smallest absolute Gasteiger partial charge is 0.349 e. The van der Waals surface area contributed by atoms with E-state index in [1.807, 2.05) is 0 Å². The van der Waals surface area contributed by atoms with E-state index in [1.54, 1.807) is 12.1 Å². The van der Waals surface area contributed by atoms with E-state index in [0.717, 1.165) is 37.7 Å². The Morgan fingerprint density at radius 1 is 0.778 bits per heavy atom. The third-order valence-corrected chi connectivity index (χ3v) is 4.12. The molecule has 146 valence electrons. The van der Waals surface area contributed by atoms with Gasteiger partial charge in [0, 0.05) is 0 Å². The maximum Gasteiger partial charge on any atom is 0.349 e. The van der Waals surface area contributed by atoms with Gasteiger partial charge in [0.2, 0.25) is 5.82 Å². The van der Waals surface area contributed by atoms with E-state index in [9.17, 15) is 26.7 Å². The molecule has 0 aliphatic carbocycles. The molecule has 0 radical (unpaired) electrons. The van der Waals surface area contributed by atoms with Crippen molar-refractivity contribution >= 4 is 5.97 Å². The number of benzene rings is 2. The number of rotatable bonds is 8. The van der Waals surface area contributed by atoms with Gasteiger partial charge in [0.15, 0.2) is 23.3 Å². The molecule has 0 amide bonds. The third kappa shape index (κ3) is 5.05. The summed E-state index contributed by atoms with van der Waals surface area (Å²) >= 11 is 0. The van der Waals surface area contributed by atoms with Gasteiger partial charge in [-0.2, -0.15) is 0 Å². The Labute approximate surface area is 154 Å². The number of esters is 1. The van der Waals surface area contributed by atoms with Crippen molar-refractivity contribution in [3.8, 4) is 5.75 Å². The molecule has 0 aliphatic rings. The fraction of sp³-hybridized carbons (Fsp3) is 0.350. The number of aryl methyl sites for hydroxylation is 1. The van der Waals surface area contributed by atoms with E-state index < -0.39 is 40.6 Å². The predicted octanol–water partition coefficient (Wildman–Crippen LogP) is 6.11. The zero-order chi connectivity index (χ0) is 20.0. The van der Waals surface area contributed by atoms with Crippen molar-refractivity contribution in [1.82, 2.24) is 0 Å². The molecule has 0 fully saturated rings. The van der Waals surface area contributed by atoms with Crippen LogP contribution in [0, 0.1) is 29.1 Å². The summed E-state index contributed by atoms with van der Waals surface area (Å²) in [7, 11) is 0. The molecule has 0 unspecified atom stereocenters. The second-order valence-corrected chi connectivity index (χ2v) is 6.14. The molecular formula is C20H19F5O2. The van der Waals surface area contributed by atoms with Crippen molar-refractivity contribution in [2.75, 3.05) is 0 Å². The minimum absolute atomic E-state index is 0.0568. The Balaban J connectivity index is 2.05. The predicted molar refractivity (Wildman–Crippen MR) is 90.1 cm³/mol. The highest BCUT2D eigenvalue weighted by molar-refractivity contribution is 5.91. The van der Waals surface area contributed by atoms with Crippen LogP contribution in [0.4, 0.5) is 22.0 Å². The molecule has 2 aromatic carbocycles. The van der Waals surface area contributed by atoms with Gasteiger partial charge in [0.25, 0.3) is 0 Å². The minimum Gasteiger partial charge on any atom is -0.423 e. The maximum atomic E-state index is 13.6. The topological polar surface area (TPSA) is 26.3 Å². The fourth-order valence-electron chi connectivity index (χ4n) is 2.60. The molecule has 7 heteroatoms. The number of hydrogen-bond donors (Lipinski definition) is 0. The zero-order valence-electron chi connectivity index (χ0n) is 14.8. The summed E-state index contributed by atoms with van der Waals surface area (Å²) in [4.78, 5) is 11.9. The van der Waals surface area contributed by atoms with E-state index in [-0.39, 0.29) is 5.75 Å². The average Bonchev–Trinajstić information content (AvgIpc) is 2.66. The van der Waals surface area contributed by atoms with Crippen LogP contribution in [0.5, 0.6) is 5.75 Å². The van der Waals surface area contributed by atoms with Crippen molar-refractivity contribution in [2.45, 2.75) is 45.4 Å². The molecule has 0 spiro atoms. The first-order valence-electron chi connectivity index (χ1n) is 8.69. The first-order valence-corrected chi connectivity index (χ1v) is 8.69. The van der Waals surface area contributed by atoms with Crippen molar-refractivity contribution in [1.29, 1.82) is 0 Å². The lowest BCUT2D eigenvalue weighted by atomic mass is 10.1. The SMILES string of the molecule is CCCCCCCc1ccc(OC(=O)c2c(F)c(F)c(F)c(F)c2F)cc1. The van der Waals surface area contributed by atoms with Crippen molar-refractivity contribution in [2.24, 2.45) is 0 Å². The van der Waals surface area contributed by atoms with Gasteiger partial charge in [-0.05, 0) is 30.5 Å². The summed E-state index contributed by atoms with van der Waals surface area (Å²) < 4.78 is 71.4. The normalized spacial score (nSPS) is 10.9. The monoisotopic (exact) mass is 386 g/mol. The Kier molecular flexibility index (Phi) is 7.33. The van der Waals surface area contributed by atoms with E-state index in [2.05, 4.69) is 6.92 Å². The molecule has 0 aromatic heterocycles. The number of halogens is 5. The van der Waals surface area contributed by atoms with Gasteiger partial charge in [0.05, 0.1) is 0 Å². The van der Waals surface area contributed by atoms with Gasteiger partial charge in [-0.15, -0.1) is 0 Å². The largest absolute Gasteiger partial charge is 0.423 e. The minimum atomic E-state index is -2.33. The van der Waals surface area contributed by atoms with Gasteiger partial charge >= 0.3 is 5.97 Å². The summed E-state index contributed by atoms with van der Waals surface area (Å²) in [6.45, 7) is 2.13. The zero-order valence-corrected chi connectivity index (χ0v) is 14.8. The summed E-state index contributed by atoms with van der Waals surface area (Å²) in [6, 6.07) is 6.18. The van der Waals surface area contributed by atoms with Crippen LogP contribution in [-0.4, -0.2) is 5.97 Å². The van der Waals surface area contributed by atoms with Crippen LogP contribution in [0.3, 0.4) is 0 Å². The Hall–Kier alpha value is -2.44. The number of ether oxygens (including phenoxy) is 1. The van der Waals surface area contributed by atoms with Crippen molar-refractivity contribution in [3.05, 3.63) is 64.5 Å². The highest BCUT2D eigenvalue weighted by atomic mass is 19.2. The summed E-state index contributed by atoms with van der Waals surface area (Å²) in [6.07, 6.45) is 6.44. The van der Waals surface area contributed by atoms with Crippen LogP contribution in [0.2, 0.25) is 0 Å². The van der Waals surface area contributed by atoms with Crippen LogP contribution in [0.15, 0.2) is 24.3 Å². The van der Waals surface area contributed by atoms with E-state index in [1.165, 1.54) is 18.6 Å². The van der Waals surface area contributed by atoms with Crippen LogP contribution in [0.25, 0.3) is 0 Å². The molecule has 27 heavy (non-hydrogen) atoms. The molecule has 0 saturated carbocycles. The molecule has 0 N–H and O–H groups in total. The van der Waals surface area contributed by atoms with E-state index in [0.29, 0.717) is 0 Å².